The van der Waals surface area contributed by atoms with E-state index in [1.165, 1.54) is 0 Å². The van der Waals surface area contributed by atoms with Gasteiger partial charge in [0.05, 0.1) is 0 Å². The van der Waals surface area contributed by atoms with Gasteiger partial charge in [0, 0.05) is 49.5 Å². The normalized spacial score (nSPS) is 12.6. The average molecular weight is 692 g/mol. The first-order valence-electron chi connectivity index (χ1n) is 17.8. The molecule has 9 nitrogen and oxygen atoms in total. The first-order valence-corrected chi connectivity index (χ1v) is 17.8. The van der Waals surface area contributed by atoms with E-state index in [2.05, 4.69) is 95.2 Å². The van der Waals surface area contributed by atoms with Crippen LogP contribution in [0.2, 0.25) is 0 Å². The maximum atomic E-state index is 5.08. The maximum Gasteiger partial charge on any atom is 0.163 e. The van der Waals surface area contributed by atoms with Crippen LogP contribution in [0.4, 0.5) is 0 Å². The van der Waals surface area contributed by atoms with E-state index in [9.17, 15) is 0 Å². The van der Waals surface area contributed by atoms with Gasteiger partial charge in [0.25, 0.3) is 0 Å². The molecule has 3 aromatic heterocycles. The zero-order valence-corrected chi connectivity index (χ0v) is 32.5. The Balaban J connectivity index is 1.68. The fourth-order valence-electron chi connectivity index (χ4n) is 5.30. The monoisotopic (exact) mass is 691 g/mol. The molecule has 266 valence electrons. The van der Waals surface area contributed by atoms with E-state index in [1.807, 2.05) is 66.7 Å². The second-order valence-corrected chi connectivity index (χ2v) is 17.4. The smallest absolute Gasteiger partial charge is 0.163 e. The molecule has 9 heteroatoms. The van der Waals surface area contributed by atoms with Crippen molar-refractivity contribution in [3.8, 4) is 56.9 Å². The van der Waals surface area contributed by atoms with E-state index in [-0.39, 0.29) is 21.7 Å². The van der Waals surface area contributed by atoms with Crippen molar-refractivity contribution in [3.05, 3.63) is 102 Å². The Bertz CT molecular complexity index is 2070. The third kappa shape index (κ3) is 8.09. The number of rotatable bonds is 5. The van der Waals surface area contributed by atoms with Crippen molar-refractivity contribution in [2.75, 3.05) is 0 Å². The van der Waals surface area contributed by atoms with Crippen LogP contribution in [-0.4, -0.2) is 44.9 Å². The summed E-state index contributed by atoms with van der Waals surface area (Å²) in [6.07, 6.45) is 0. The molecule has 3 heterocycles. The molecule has 0 aliphatic heterocycles. The van der Waals surface area contributed by atoms with E-state index in [0.717, 1.165) is 39.5 Å². The summed E-state index contributed by atoms with van der Waals surface area (Å²) in [6.45, 7) is 25.4. The molecule has 52 heavy (non-hydrogen) atoms. The summed E-state index contributed by atoms with van der Waals surface area (Å²) in [4.78, 5) is 45.2. The van der Waals surface area contributed by atoms with Crippen molar-refractivity contribution in [1.29, 1.82) is 0 Å². The maximum absolute atomic E-state index is 5.08. The Labute approximate surface area is 308 Å². The van der Waals surface area contributed by atoms with Crippen molar-refractivity contribution < 1.29 is 0 Å². The number of nitrogens with zero attached hydrogens (tertiary/aromatic N) is 9. The highest BCUT2D eigenvalue weighted by Crippen LogP contribution is 2.34. The minimum absolute atomic E-state index is 0.307. The Morgan fingerprint density at radius 1 is 0.269 bits per heavy atom. The zero-order chi connectivity index (χ0) is 37.6. The fourth-order valence-corrected chi connectivity index (χ4v) is 5.30. The van der Waals surface area contributed by atoms with Gasteiger partial charge in [0.2, 0.25) is 0 Å². The molecule has 3 aromatic carbocycles. The summed E-state index contributed by atoms with van der Waals surface area (Å²) in [5.41, 5.74) is 2.86. The minimum atomic E-state index is -0.334. The summed E-state index contributed by atoms with van der Waals surface area (Å²) >= 11 is 0. The van der Waals surface area contributed by atoms with Crippen LogP contribution < -0.4 is 0 Å². The van der Waals surface area contributed by atoms with Crippen LogP contribution in [0.15, 0.2) is 78.9 Å². The van der Waals surface area contributed by atoms with E-state index in [4.69, 9.17) is 44.9 Å². The van der Waals surface area contributed by atoms with Crippen molar-refractivity contribution in [2.45, 2.75) is 105 Å². The summed E-state index contributed by atoms with van der Waals surface area (Å²) < 4.78 is 0. The highest BCUT2D eigenvalue weighted by Gasteiger charge is 2.28. The molecule has 0 spiro atoms. The Hall–Kier alpha value is -5.31. The highest BCUT2D eigenvalue weighted by atomic mass is 15.1. The standard InChI is InChI=1S/C43H49N9/c1-40(2,3)36-46-31(26-19-15-13-16-20-26)44-33(48-36)28-23-29(34-45-32(27-21-17-14-18-22-27)47-37(49-34)41(4,5)6)25-30(24-28)35-50-38(42(7,8)9)52-39(51-35)43(10,11)12/h13-25H,1-12H3. The number of hydrogen-bond acceptors (Lipinski definition) is 9. The molecule has 0 saturated carbocycles. The second-order valence-electron chi connectivity index (χ2n) is 17.4. The molecular formula is C43H49N9. The average Bonchev–Trinajstić information content (AvgIpc) is 3.10. The molecule has 0 atom stereocenters. The minimum Gasteiger partial charge on any atom is -0.217 e. The molecule has 6 rings (SSSR count). The predicted molar refractivity (Wildman–Crippen MR) is 209 cm³/mol. The molecule has 6 aromatic rings. The lowest BCUT2D eigenvalue weighted by molar-refractivity contribution is 0.497. The lowest BCUT2D eigenvalue weighted by Crippen LogP contribution is -2.24. The highest BCUT2D eigenvalue weighted by molar-refractivity contribution is 5.76. The first kappa shape index (κ1) is 36.5. The van der Waals surface area contributed by atoms with Gasteiger partial charge in [-0.1, -0.05) is 144 Å². The van der Waals surface area contributed by atoms with Crippen LogP contribution in [0.1, 0.15) is 106 Å². The van der Waals surface area contributed by atoms with Gasteiger partial charge >= 0.3 is 0 Å². The van der Waals surface area contributed by atoms with Crippen LogP contribution in [0, 0.1) is 0 Å². The molecular weight excluding hydrogens is 643 g/mol. The Morgan fingerprint density at radius 3 is 0.769 bits per heavy atom. The third-order valence-corrected chi connectivity index (χ3v) is 8.36. The van der Waals surface area contributed by atoms with E-state index < -0.39 is 0 Å². The first-order chi connectivity index (χ1) is 24.3. The van der Waals surface area contributed by atoms with Crippen LogP contribution in [0.3, 0.4) is 0 Å². The van der Waals surface area contributed by atoms with Crippen molar-refractivity contribution >= 4 is 0 Å². The van der Waals surface area contributed by atoms with Gasteiger partial charge in [0.1, 0.15) is 23.3 Å². The van der Waals surface area contributed by atoms with Crippen molar-refractivity contribution in [3.63, 3.8) is 0 Å². The molecule has 0 unspecified atom stereocenters. The Kier molecular flexibility index (Phi) is 9.36. The lowest BCUT2D eigenvalue weighted by Gasteiger charge is -2.23. The van der Waals surface area contributed by atoms with Gasteiger partial charge in [-0.25, -0.2) is 44.9 Å². The predicted octanol–water partition coefficient (Wildman–Crippen LogP) is 9.77. The zero-order valence-electron chi connectivity index (χ0n) is 32.5. The van der Waals surface area contributed by atoms with Crippen LogP contribution in [0.5, 0.6) is 0 Å². The summed E-state index contributed by atoms with van der Waals surface area (Å²) in [7, 11) is 0. The quantitative estimate of drug-likeness (QED) is 0.174. The van der Waals surface area contributed by atoms with E-state index in [1.54, 1.807) is 0 Å². The molecule has 0 aliphatic carbocycles. The topological polar surface area (TPSA) is 116 Å². The fraction of sp³-hybridized carbons (Fsp3) is 0.372. The van der Waals surface area contributed by atoms with Gasteiger partial charge in [-0.05, 0) is 18.2 Å². The van der Waals surface area contributed by atoms with Gasteiger partial charge in [-0.2, -0.15) is 0 Å². The molecule has 0 saturated heterocycles. The van der Waals surface area contributed by atoms with Gasteiger partial charge in [-0.15, -0.1) is 0 Å². The lowest BCUT2D eigenvalue weighted by atomic mass is 9.92. The largest absolute Gasteiger partial charge is 0.217 e. The van der Waals surface area contributed by atoms with Gasteiger partial charge in [0.15, 0.2) is 29.1 Å². The summed E-state index contributed by atoms with van der Waals surface area (Å²) in [5.74, 6) is 5.67. The van der Waals surface area contributed by atoms with Crippen molar-refractivity contribution in [1.82, 2.24) is 44.9 Å². The number of benzene rings is 3. The van der Waals surface area contributed by atoms with Crippen LogP contribution >= 0.6 is 0 Å². The molecule has 0 radical (unpaired) electrons. The second kappa shape index (κ2) is 13.3. The van der Waals surface area contributed by atoms with Crippen LogP contribution in [0.25, 0.3) is 56.9 Å². The van der Waals surface area contributed by atoms with E-state index >= 15 is 0 Å². The van der Waals surface area contributed by atoms with Crippen molar-refractivity contribution in [2.24, 2.45) is 0 Å². The summed E-state index contributed by atoms with van der Waals surface area (Å²) in [5, 5.41) is 0. The SMILES string of the molecule is CC(C)(C)c1nc(-c2ccccc2)nc(-c2cc(-c3nc(-c4ccccc4)nc(C(C)(C)C)n3)cc(-c3nc(C(C)(C)C)nc(C(C)(C)C)n3)c2)n1. The Morgan fingerprint density at radius 2 is 0.500 bits per heavy atom. The number of hydrogen-bond donors (Lipinski definition) is 0. The van der Waals surface area contributed by atoms with Crippen LogP contribution in [-0.2, 0) is 21.7 Å². The number of aromatic nitrogens is 9. The molecule has 0 aliphatic rings. The molecule has 0 amide bonds. The molecule has 0 bridgehead atoms. The van der Waals surface area contributed by atoms with E-state index in [0.29, 0.717) is 40.8 Å². The summed E-state index contributed by atoms with van der Waals surface area (Å²) in [6, 6.07) is 26.2. The molecule has 0 N–H and O–H groups in total. The van der Waals surface area contributed by atoms with Gasteiger partial charge < -0.3 is 0 Å². The molecule has 0 fully saturated rings. The third-order valence-electron chi connectivity index (χ3n) is 8.36. The van der Waals surface area contributed by atoms with Gasteiger partial charge in [-0.3, -0.25) is 0 Å².